The number of aromatic nitrogens is 2. The molecule has 2 amide bonds. The quantitative estimate of drug-likeness (QED) is 0.603. The van der Waals surface area contributed by atoms with E-state index in [1.807, 2.05) is 18.2 Å². The van der Waals surface area contributed by atoms with Crippen LogP contribution in [0.25, 0.3) is 11.0 Å². The summed E-state index contributed by atoms with van der Waals surface area (Å²) in [6.07, 6.45) is 4.71. The molecule has 134 valence electrons. The molecule has 0 spiro atoms. The first kappa shape index (κ1) is 17.4. The lowest BCUT2D eigenvalue weighted by Gasteiger charge is -2.21. The average Bonchev–Trinajstić information content (AvgIpc) is 2.83. The first-order valence-corrected chi connectivity index (χ1v) is 8.76. The van der Waals surface area contributed by atoms with Gasteiger partial charge in [0.25, 0.3) is 0 Å². The van der Waals surface area contributed by atoms with Gasteiger partial charge in [0.05, 0.1) is 11.0 Å². The van der Waals surface area contributed by atoms with E-state index in [9.17, 15) is 14.4 Å². The minimum Gasteiger partial charge on any atom is -0.330 e. The zero-order chi connectivity index (χ0) is 18.0. The number of rotatable bonds is 6. The van der Waals surface area contributed by atoms with Crippen molar-refractivity contribution < 1.29 is 9.59 Å². The summed E-state index contributed by atoms with van der Waals surface area (Å²) in [5.74, 6) is -0.689. The van der Waals surface area contributed by atoms with Crippen molar-refractivity contribution in [2.45, 2.75) is 44.6 Å². The Morgan fingerprint density at radius 2 is 1.96 bits per heavy atom. The lowest BCUT2D eigenvalue weighted by atomic mass is 10.0. The number of imide groups is 1. The molecule has 0 radical (unpaired) electrons. The topological polar surface area (TPSA) is 99.1 Å². The molecule has 1 aromatic carbocycles. The maximum absolute atomic E-state index is 12.7. The van der Waals surface area contributed by atoms with E-state index >= 15 is 0 Å². The van der Waals surface area contributed by atoms with Crippen molar-refractivity contribution in [3.05, 3.63) is 34.2 Å². The monoisotopic (exact) mass is 344 g/mol. The van der Waals surface area contributed by atoms with E-state index in [-0.39, 0.29) is 18.0 Å². The molecule has 1 aliphatic heterocycles. The number of amides is 2. The van der Waals surface area contributed by atoms with Crippen LogP contribution in [-0.4, -0.2) is 27.5 Å². The maximum atomic E-state index is 12.7. The Morgan fingerprint density at radius 1 is 1.16 bits per heavy atom. The fourth-order valence-electron chi connectivity index (χ4n) is 3.44. The highest BCUT2D eigenvalue weighted by Gasteiger charge is 2.31. The van der Waals surface area contributed by atoms with Crippen molar-refractivity contribution in [1.29, 1.82) is 0 Å². The number of carbonyl (C=O) groups excluding carboxylic acids is 2. The van der Waals surface area contributed by atoms with Gasteiger partial charge in [0.2, 0.25) is 11.8 Å². The van der Waals surface area contributed by atoms with Crippen LogP contribution in [0.2, 0.25) is 0 Å². The van der Waals surface area contributed by atoms with Gasteiger partial charge in [0, 0.05) is 13.5 Å². The summed E-state index contributed by atoms with van der Waals surface area (Å²) in [6.45, 7) is 0.711. The van der Waals surface area contributed by atoms with Gasteiger partial charge in [-0.25, -0.2) is 4.79 Å². The number of hydrogen-bond donors (Lipinski definition) is 2. The van der Waals surface area contributed by atoms with E-state index in [2.05, 4.69) is 5.32 Å². The number of aryl methyl sites for hydroxylation is 2. The molecular weight excluding hydrogens is 320 g/mol. The van der Waals surface area contributed by atoms with Crippen LogP contribution < -0.4 is 16.7 Å². The molecule has 2 aromatic rings. The number of hydrogen-bond acceptors (Lipinski definition) is 4. The van der Waals surface area contributed by atoms with Gasteiger partial charge in [0.1, 0.15) is 6.04 Å². The molecule has 1 fully saturated rings. The molecular formula is C18H24N4O3. The minimum absolute atomic E-state index is 0.232. The zero-order valence-corrected chi connectivity index (χ0v) is 14.5. The predicted octanol–water partition coefficient (Wildman–Crippen LogP) is 0.989. The second-order valence-electron chi connectivity index (χ2n) is 6.60. The fraction of sp³-hybridized carbons (Fsp3) is 0.500. The SMILES string of the molecule is Cn1c(=O)n(C2CCC(=O)NC2=O)c2ccc(CCCCCN)cc21. The van der Waals surface area contributed by atoms with Gasteiger partial charge in [-0.1, -0.05) is 12.5 Å². The molecule has 0 aliphatic carbocycles. The van der Waals surface area contributed by atoms with Crippen LogP contribution in [0.4, 0.5) is 0 Å². The summed E-state index contributed by atoms with van der Waals surface area (Å²) in [5, 5.41) is 2.32. The second-order valence-corrected chi connectivity index (χ2v) is 6.60. The van der Waals surface area contributed by atoms with E-state index in [1.54, 1.807) is 11.6 Å². The van der Waals surface area contributed by atoms with Crippen LogP contribution in [0, 0.1) is 0 Å². The number of imidazole rings is 1. The smallest absolute Gasteiger partial charge is 0.329 e. The van der Waals surface area contributed by atoms with Gasteiger partial charge in [-0.15, -0.1) is 0 Å². The Balaban J connectivity index is 1.93. The van der Waals surface area contributed by atoms with Gasteiger partial charge in [0.15, 0.2) is 0 Å². The van der Waals surface area contributed by atoms with E-state index in [1.165, 1.54) is 10.1 Å². The largest absolute Gasteiger partial charge is 0.330 e. The van der Waals surface area contributed by atoms with Crippen LogP contribution in [-0.2, 0) is 23.1 Å². The van der Waals surface area contributed by atoms with Gasteiger partial charge in [-0.05, 0) is 49.9 Å². The lowest BCUT2D eigenvalue weighted by Crippen LogP contribution is -2.44. The number of nitrogens with one attached hydrogen (secondary N) is 1. The molecule has 0 bridgehead atoms. The first-order chi connectivity index (χ1) is 12.0. The molecule has 7 heteroatoms. The molecule has 2 heterocycles. The number of carbonyl (C=O) groups is 2. The molecule has 25 heavy (non-hydrogen) atoms. The molecule has 1 aliphatic rings. The Hall–Kier alpha value is -2.41. The van der Waals surface area contributed by atoms with Gasteiger partial charge in [-0.2, -0.15) is 0 Å². The molecule has 0 saturated carbocycles. The number of piperidine rings is 1. The first-order valence-electron chi connectivity index (χ1n) is 8.76. The van der Waals surface area contributed by atoms with Crippen molar-refractivity contribution in [3.8, 4) is 0 Å². The Bertz CT molecular complexity index is 865. The average molecular weight is 344 g/mol. The number of nitrogens with zero attached hydrogens (tertiary/aromatic N) is 2. The minimum atomic E-state index is -0.635. The predicted molar refractivity (Wildman–Crippen MR) is 95.2 cm³/mol. The molecule has 1 unspecified atom stereocenters. The van der Waals surface area contributed by atoms with E-state index in [4.69, 9.17) is 5.73 Å². The number of benzene rings is 1. The summed E-state index contributed by atoms with van der Waals surface area (Å²) in [6, 6.07) is 5.29. The number of nitrogens with two attached hydrogens (primary N) is 1. The van der Waals surface area contributed by atoms with Crippen molar-refractivity contribution in [3.63, 3.8) is 0 Å². The highest BCUT2D eigenvalue weighted by atomic mass is 16.2. The van der Waals surface area contributed by atoms with Gasteiger partial charge < -0.3 is 5.73 Å². The third kappa shape index (κ3) is 3.37. The molecule has 7 nitrogen and oxygen atoms in total. The standard InChI is InChI=1S/C18H24N4O3/c1-21-15-11-12(5-3-2-4-10-19)6-7-13(15)22(18(21)25)14-8-9-16(23)20-17(14)24/h6-7,11,14H,2-5,8-10,19H2,1H3,(H,20,23,24). The lowest BCUT2D eigenvalue weighted by molar-refractivity contribution is -0.135. The van der Waals surface area contributed by atoms with E-state index < -0.39 is 11.9 Å². The summed E-state index contributed by atoms with van der Waals surface area (Å²) >= 11 is 0. The Kier molecular flexibility index (Phi) is 5.03. The van der Waals surface area contributed by atoms with Crippen LogP contribution >= 0.6 is 0 Å². The third-order valence-corrected chi connectivity index (χ3v) is 4.85. The van der Waals surface area contributed by atoms with E-state index in [0.29, 0.717) is 13.0 Å². The molecule has 3 N–H and O–H groups in total. The Morgan fingerprint density at radius 3 is 2.68 bits per heavy atom. The molecule has 3 rings (SSSR count). The number of fused-ring (bicyclic) bond motifs is 1. The van der Waals surface area contributed by atoms with Crippen molar-refractivity contribution >= 4 is 22.8 Å². The fourth-order valence-corrected chi connectivity index (χ4v) is 3.44. The third-order valence-electron chi connectivity index (χ3n) is 4.85. The van der Waals surface area contributed by atoms with Crippen LogP contribution in [0.1, 0.15) is 43.7 Å². The van der Waals surface area contributed by atoms with Gasteiger partial charge in [-0.3, -0.25) is 24.0 Å². The van der Waals surface area contributed by atoms with Crippen LogP contribution in [0.5, 0.6) is 0 Å². The van der Waals surface area contributed by atoms with Crippen molar-refractivity contribution in [2.75, 3.05) is 6.54 Å². The second kappa shape index (κ2) is 7.23. The van der Waals surface area contributed by atoms with Crippen LogP contribution in [0.3, 0.4) is 0 Å². The summed E-state index contributed by atoms with van der Waals surface area (Å²) in [5.41, 5.74) is 7.99. The molecule has 1 saturated heterocycles. The number of unbranched alkanes of at least 4 members (excludes halogenated alkanes) is 2. The normalized spacial score (nSPS) is 17.9. The zero-order valence-electron chi connectivity index (χ0n) is 14.5. The summed E-state index contributed by atoms with van der Waals surface area (Å²) < 4.78 is 3.08. The summed E-state index contributed by atoms with van der Waals surface area (Å²) in [4.78, 5) is 36.2. The van der Waals surface area contributed by atoms with Gasteiger partial charge >= 0.3 is 5.69 Å². The maximum Gasteiger partial charge on any atom is 0.329 e. The molecule has 1 atom stereocenters. The highest BCUT2D eigenvalue weighted by Crippen LogP contribution is 2.24. The summed E-state index contributed by atoms with van der Waals surface area (Å²) in [7, 11) is 1.71. The van der Waals surface area contributed by atoms with Crippen molar-refractivity contribution in [1.82, 2.24) is 14.5 Å². The Labute approximate surface area is 145 Å². The van der Waals surface area contributed by atoms with Crippen molar-refractivity contribution in [2.24, 2.45) is 12.8 Å². The van der Waals surface area contributed by atoms with Crippen LogP contribution in [0.15, 0.2) is 23.0 Å². The highest BCUT2D eigenvalue weighted by molar-refractivity contribution is 6.00. The molecule has 1 aromatic heterocycles. The van der Waals surface area contributed by atoms with E-state index in [0.717, 1.165) is 36.7 Å².